The first-order valence-electron chi connectivity index (χ1n) is 10.1. The van der Waals surface area contributed by atoms with Gasteiger partial charge in [-0.25, -0.2) is 0 Å². The van der Waals surface area contributed by atoms with Gasteiger partial charge in [-0.1, -0.05) is 48.5 Å². The van der Waals surface area contributed by atoms with Crippen LogP contribution in [0, 0.1) is 0 Å². The van der Waals surface area contributed by atoms with Crippen molar-refractivity contribution in [2.24, 2.45) is 0 Å². The summed E-state index contributed by atoms with van der Waals surface area (Å²) in [4.78, 5) is 12.8. The summed E-state index contributed by atoms with van der Waals surface area (Å²) in [6, 6.07) is 16.8. The summed E-state index contributed by atoms with van der Waals surface area (Å²) >= 11 is 0. The Hall–Kier alpha value is -2.34. The molecule has 6 atom stereocenters. The molecule has 2 heterocycles. The van der Waals surface area contributed by atoms with Crippen LogP contribution >= 0.6 is 0 Å². The van der Waals surface area contributed by atoms with Gasteiger partial charge in [0, 0.05) is 18.2 Å². The van der Waals surface area contributed by atoms with Crippen LogP contribution in [0.1, 0.15) is 22.2 Å². The second-order valence-electron chi connectivity index (χ2n) is 7.59. The molecule has 2 fully saturated rings. The van der Waals surface area contributed by atoms with Gasteiger partial charge in [0.05, 0.1) is 12.9 Å². The van der Waals surface area contributed by atoms with E-state index in [1.54, 1.807) is 30.3 Å². The molecule has 0 aromatic heterocycles. The van der Waals surface area contributed by atoms with Gasteiger partial charge in [0.2, 0.25) is 0 Å². The quantitative estimate of drug-likeness (QED) is 0.644. The van der Waals surface area contributed by atoms with E-state index in [1.165, 1.54) is 7.11 Å². The van der Waals surface area contributed by atoms with Crippen molar-refractivity contribution in [1.29, 1.82) is 0 Å². The largest absolute Gasteiger partial charge is 0.354 e. The Balaban J connectivity index is 1.63. The molecule has 2 aromatic rings. The molecule has 2 saturated heterocycles. The van der Waals surface area contributed by atoms with Crippen LogP contribution in [-0.4, -0.2) is 64.9 Å². The second-order valence-corrected chi connectivity index (χ2v) is 9.19. The van der Waals surface area contributed by atoms with Crippen LogP contribution in [0.25, 0.3) is 0 Å². The number of fused-ring (bicyclic) bond motifs is 1. The average molecular weight is 464 g/mol. The third-order valence-corrected chi connectivity index (χ3v) is 5.83. The number of rotatable bonds is 6. The molecule has 32 heavy (non-hydrogen) atoms. The average Bonchev–Trinajstić information content (AvgIpc) is 2.80. The molecule has 10 heteroatoms. The molecule has 0 spiro atoms. The van der Waals surface area contributed by atoms with E-state index in [2.05, 4.69) is 5.32 Å². The van der Waals surface area contributed by atoms with Gasteiger partial charge in [-0.05, 0) is 12.1 Å². The predicted molar refractivity (Wildman–Crippen MR) is 113 cm³/mol. The topological polar surface area (TPSA) is 109 Å². The standard InChI is InChI=1S/C22H25NO8S/c1-27-22-17(23-20(24)14-9-5-3-6-10-14)19(31-32(2,25)26)18-16(29-22)13-28-21(30-18)15-11-7-4-8-12-15/h3-12,16-19,21-22H,13H2,1-2H3,(H,23,24)/t16-,17+,18-,19+,21-,22-/m1/s1. The normalized spacial score (nSPS) is 30.3. The Morgan fingerprint density at radius 1 is 1.03 bits per heavy atom. The maximum absolute atomic E-state index is 12.8. The van der Waals surface area contributed by atoms with Crippen LogP contribution in [0.2, 0.25) is 0 Å². The number of carbonyl (C=O) groups is 1. The molecule has 9 nitrogen and oxygen atoms in total. The molecule has 2 aliphatic rings. The number of nitrogens with one attached hydrogen (secondary N) is 1. The summed E-state index contributed by atoms with van der Waals surface area (Å²) in [7, 11) is -2.50. The highest BCUT2D eigenvalue weighted by atomic mass is 32.2. The smallest absolute Gasteiger partial charge is 0.264 e. The summed E-state index contributed by atoms with van der Waals surface area (Å²) in [5, 5.41) is 2.80. The van der Waals surface area contributed by atoms with Crippen molar-refractivity contribution < 1.29 is 36.3 Å². The number of benzene rings is 2. The lowest BCUT2D eigenvalue weighted by atomic mass is 9.95. The molecule has 2 aromatic carbocycles. The van der Waals surface area contributed by atoms with Crippen molar-refractivity contribution >= 4 is 16.0 Å². The minimum Gasteiger partial charge on any atom is -0.354 e. The minimum absolute atomic E-state index is 0.132. The highest BCUT2D eigenvalue weighted by molar-refractivity contribution is 7.86. The summed E-state index contributed by atoms with van der Waals surface area (Å²) in [5.74, 6) is -0.423. The number of carbonyl (C=O) groups excluding carboxylic acids is 1. The molecular formula is C22H25NO8S. The van der Waals surface area contributed by atoms with Crippen LogP contribution in [-0.2, 0) is 33.2 Å². The number of ether oxygens (including phenoxy) is 4. The van der Waals surface area contributed by atoms with Crippen molar-refractivity contribution in [1.82, 2.24) is 5.32 Å². The Kier molecular flexibility index (Phi) is 6.89. The maximum atomic E-state index is 12.8. The van der Waals surface area contributed by atoms with Crippen molar-refractivity contribution in [2.75, 3.05) is 20.0 Å². The molecule has 4 rings (SSSR count). The third kappa shape index (κ3) is 5.17. The van der Waals surface area contributed by atoms with Gasteiger partial charge >= 0.3 is 0 Å². The van der Waals surface area contributed by atoms with Gasteiger partial charge in [0.15, 0.2) is 12.6 Å². The molecule has 0 unspecified atom stereocenters. The van der Waals surface area contributed by atoms with Gasteiger partial charge < -0.3 is 24.3 Å². The summed E-state index contributed by atoms with van der Waals surface area (Å²) in [5.41, 5.74) is 1.17. The monoisotopic (exact) mass is 463 g/mol. The number of amides is 1. The van der Waals surface area contributed by atoms with Crippen LogP contribution in [0.15, 0.2) is 60.7 Å². The lowest BCUT2D eigenvalue weighted by Crippen LogP contribution is -2.67. The molecule has 0 saturated carbocycles. The van der Waals surface area contributed by atoms with Crippen molar-refractivity contribution in [3.05, 3.63) is 71.8 Å². The molecule has 2 aliphatic heterocycles. The van der Waals surface area contributed by atoms with E-state index in [-0.39, 0.29) is 6.61 Å². The van der Waals surface area contributed by atoms with E-state index in [0.29, 0.717) is 5.56 Å². The molecule has 172 valence electrons. The van der Waals surface area contributed by atoms with Crippen LogP contribution in [0.3, 0.4) is 0 Å². The zero-order valence-corrected chi connectivity index (χ0v) is 18.4. The van der Waals surface area contributed by atoms with E-state index >= 15 is 0 Å². The molecule has 1 amide bonds. The minimum atomic E-state index is -3.90. The fraction of sp³-hybridized carbons (Fsp3) is 0.409. The Morgan fingerprint density at radius 2 is 1.69 bits per heavy atom. The van der Waals surface area contributed by atoms with E-state index in [0.717, 1.165) is 11.8 Å². The fourth-order valence-electron chi connectivity index (χ4n) is 3.85. The fourth-order valence-corrected chi connectivity index (χ4v) is 4.48. The summed E-state index contributed by atoms with van der Waals surface area (Å²) in [6.45, 7) is 0.132. The van der Waals surface area contributed by atoms with Gasteiger partial charge in [-0.15, -0.1) is 0 Å². The lowest BCUT2D eigenvalue weighted by Gasteiger charge is -2.48. The highest BCUT2D eigenvalue weighted by Gasteiger charge is 2.52. The van der Waals surface area contributed by atoms with E-state index in [9.17, 15) is 13.2 Å². The number of hydrogen-bond acceptors (Lipinski definition) is 8. The maximum Gasteiger partial charge on any atom is 0.264 e. The molecule has 0 bridgehead atoms. The van der Waals surface area contributed by atoms with Crippen LogP contribution in [0.4, 0.5) is 0 Å². The first-order chi connectivity index (χ1) is 15.4. The van der Waals surface area contributed by atoms with Crippen LogP contribution in [0.5, 0.6) is 0 Å². The number of hydrogen-bond donors (Lipinski definition) is 1. The SMILES string of the molecule is CO[C@@H]1O[C@@H]2CO[C@@H](c3ccccc3)O[C@H]2[C@@H](OS(C)(=O)=O)[C@@H]1NC(=O)c1ccccc1. The first-order valence-corrected chi connectivity index (χ1v) is 11.9. The zero-order valence-electron chi connectivity index (χ0n) is 17.6. The summed E-state index contributed by atoms with van der Waals surface area (Å²) < 4.78 is 52.9. The molecule has 0 aliphatic carbocycles. The molecule has 0 radical (unpaired) electrons. The van der Waals surface area contributed by atoms with Gasteiger partial charge in [0.25, 0.3) is 16.0 Å². The highest BCUT2D eigenvalue weighted by Crippen LogP contribution is 2.36. The zero-order chi connectivity index (χ0) is 22.7. The van der Waals surface area contributed by atoms with E-state index < -0.39 is 53.0 Å². The Labute approximate surface area is 186 Å². The first kappa shape index (κ1) is 22.8. The van der Waals surface area contributed by atoms with Gasteiger partial charge in [-0.3, -0.25) is 8.98 Å². The van der Waals surface area contributed by atoms with Gasteiger partial charge in [-0.2, -0.15) is 8.42 Å². The van der Waals surface area contributed by atoms with E-state index in [4.69, 9.17) is 23.1 Å². The van der Waals surface area contributed by atoms with Crippen molar-refractivity contribution in [2.45, 2.75) is 36.9 Å². The molecule has 1 N–H and O–H groups in total. The lowest BCUT2D eigenvalue weighted by molar-refractivity contribution is -0.337. The Bertz CT molecular complexity index is 1020. The summed E-state index contributed by atoms with van der Waals surface area (Å²) in [6.07, 6.45) is -3.36. The Morgan fingerprint density at radius 3 is 2.31 bits per heavy atom. The predicted octanol–water partition coefficient (Wildman–Crippen LogP) is 1.62. The van der Waals surface area contributed by atoms with Gasteiger partial charge in [0.1, 0.15) is 24.4 Å². The van der Waals surface area contributed by atoms with Crippen molar-refractivity contribution in [3.8, 4) is 0 Å². The number of methoxy groups -OCH3 is 1. The van der Waals surface area contributed by atoms with Crippen LogP contribution < -0.4 is 5.32 Å². The third-order valence-electron chi connectivity index (χ3n) is 5.26. The van der Waals surface area contributed by atoms with E-state index in [1.807, 2.05) is 30.3 Å². The second kappa shape index (κ2) is 9.65. The van der Waals surface area contributed by atoms with Crippen molar-refractivity contribution in [3.63, 3.8) is 0 Å². The molecular weight excluding hydrogens is 438 g/mol.